The van der Waals surface area contributed by atoms with E-state index in [1.165, 1.54) is 78.5 Å². The van der Waals surface area contributed by atoms with E-state index in [0.29, 0.717) is 18.8 Å². The van der Waals surface area contributed by atoms with Gasteiger partial charge >= 0.3 is 0 Å². The highest BCUT2D eigenvalue weighted by molar-refractivity contribution is 5.95. The van der Waals surface area contributed by atoms with Crippen LogP contribution in [0.1, 0.15) is 86.6 Å². The van der Waals surface area contributed by atoms with Crippen LogP contribution in [0.4, 0.5) is 0 Å². The van der Waals surface area contributed by atoms with Gasteiger partial charge in [0.1, 0.15) is 0 Å². The molecule has 35 heavy (non-hydrogen) atoms. The first-order chi connectivity index (χ1) is 17.2. The molecule has 3 aliphatic heterocycles. The SMILES string of the molecule is CCCCCC1=C2c3cc4c(cc3CCN2[C@H](C2CCCC2)c2c1ccc(OC)c2OC)OCO4. The normalized spacial score (nSPS) is 20.5. The van der Waals surface area contributed by atoms with Crippen molar-refractivity contribution in [1.82, 2.24) is 4.90 Å². The Bertz CT molecular complexity index is 1150. The van der Waals surface area contributed by atoms with Crippen molar-refractivity contribution < 1.29 is 18.9 Å². The smallest absolute Gasteiger partial charge is 0.231 e. The number of unbranched alkanes of at least 4 members (excludes halogenated alkanes) is 2. The molecule has 0 radical (unpaired) electrons. The van der Waals surface area contributed by atoms with Gasteiger partial charge in [0.05, 0.1) is 20.3 Å². The number of nitrogens with zero attached hydrogens (tertiary/aromatic N) is 1. The van der Waals surface area contributed by atoms with E-state index < -0.39 is 0 Å². The molecule has 186 valence electrons. The van der Waals surface area contributed by atoms with Crippen LogP contribution in [0.5, 0.6) is 23.0 Å². The van der Waals surface area contributed by atoms with Gasteiger partial charge in [0.15, 0.2) is 23.0 Å². The Balaban J connectivity index is 1.60. The second-order valence-corrected chi connectivity index (χ2v) is 10.3. The lowest BCUT2D eigenvalue weighted by atomic mass is 9.76. The Morgan fingerprint density at radius 3 is 2.51 bits per heavy atom. The van der Waals surface area contributed by atoms with E-state index in [-0.39, 0.29) is 0 Å². The molecule has 2 aromatic rings. The Morgan fingerprint density at radius 1 is 0.971 bits per heavy atom. The molecule has 1 atom stereocenters. The quantitative estimate of drug-likeness (QED) is 0.404. The predicted octanol–water partition coefficient (Wildman–Crippen LogP) is 6.98. The van der Waals surface area contributed by atoms with Gasteiger partial charge in [-0.05, 0) is 72.9 Å². The van der Waals surface area contributed by atoms with Gasteiger partial charge in [-0.1, -0.05) is 38.7 Å². The molecule has 0 amide bonds. The van der Waals surface area contributed by atoms with Gasteiger partial charge in [-0.2, -0.15) is 0 Å². The number of methoxy groups -OCH3 is 2. The maximum atomic E-state index is 6.10. The van der Waals surface area contributed by atoms with Crippen molar-refractivity contribution in [3.63, 3.8) is 0 Å². The zero-order valence-electron chi connectivity index (χ0n) is 21.3. The van der Waals surface area contributed by atoms with Crippen LogP contribution >= 0.6 is 0 Å². The molecule has 5 nitrogen and oxygen atoms in total. The number of allylic oxidation sites excluding steroid dienone is 1. The summed E-state index contributed by atoms with van der Waals surface area (Å²) >= 11 is 0. The van der Waals surface area contributed by atoms with E-state index in [4.69, 9.17) is 18.9 Å². The average molecular weight is 476 g/mol. The highest BCUT2D eigenvalue weighted by atomic mass is 16.7. The van der Waals surface area contributed by atoms with E-state index in [2.05, 4.69) is 36.1 Å². The zero-order valence-corrected chi connectivity index (χ0v) is 21.3. The first kappa shape index (κ1) is 22.6. The highest BCUT2D eigenvalue weighted by Gasteiger charge is 2.43. The number of hydrogen-bond donors (Lipinski definition) is 0. The van der Waals surface area contributed by atoms with Gasteiger partial charge in [-0.25, -0.2) is 0 Å². The molecule has 0 spiro atoms. The molecule has 3 heterocycles. The molecule has 1 aliphatic carbocycles. The van der Waals surface area contributed by atoms with Crippen LogP contribution in [0.15, 0.2) is 24.3 Å². The molecule has 0 unspecified atom stereocenters. The van der Waals surface area contributed by atoms with Crippen molar-refractivity contribution >= 4 is 11.3 Å². The number of ether oxygens (including phenoxy) is 4. The molecular weight excluding hydrogens is 438 g/mol. The molecule has 1 saturated carbocycles. The van der Waals surface area contributed by atoms with Crippen LogP contribution < -0.4 is 18.9 Å². The van der Waals surface area contributed by atoms with E-state index >= 15 is 0 Å². The van der Waals surface area contributed by atoms with Gasteiger partial charge in [-0.3, -0.25) is 0 Å². The fraction of sp³-hybridized carbons (Fsp3) is 0.533. The maximum absolute atomic E-state index is 6.10. The van der Waals surface area contributed by atoms with Gasteiger partial charge in [0, 0.05) is 23.4 Å². The Kier molecular flexibility index (Phi) is 6.03. The minimum Gasteiger partial charge on any atom is -0.493 e. The van der Waals surface area contributed by atoms with Crippen LogP contribution in [-0.2, 0) is 6.42 Å². The van der Waals surface area contributed by atoms with Crippen LogP contribution in [0.2, 0.25) is 0 Å². The highest BCUT2D eigenvalue weighted by Crippen LogP contribution is 2.57. The van der Waals surface area contributed by atoms with E-state index in [9.17, 15) is 0 Å². The standard InChI is InChI=1S/C30H37NO4/c1-4-5-6-11-22-21-12-13-24(32-2)30(33-3)27(21)28(19-9-7-8-10-19)31-15-14-20-16-25-26(35-18-34-25)17-23(20)29(22)31/h12-13,16-17,19,28H,4-11,14-15,18H2,1-3H3/t28-/m1/s1. The lowest BCUT2D eigenvalue weighted by Gasteiger charge is -2.48. The number of benzene rings is 2. The summed E-state index contributed by atoms with van der Waals surface area (Å²) in [4.78, 5) is 2.73. The first-order valence-corrected chi connectivity index (χ1v) is 13.4. The summed E-state index contributed by atoms with van der Waals surface area (Å²) in [6.45, 7) is 3.61. The zero-order chi connectivity index (χ0) is 23.9. The van der Waals surface area contributed by atoms with Crippen LogP contribution in [0, 0.1) is 5.92 Å². The van der Waals surface area contributed by atoms with Crippen molar-refractivity contribution in [2.75, 3.05) is 27.6 Å². The third-order valence-corrected chi connectivity index (χ3v) is 8.47. The molecule has 0 aromatic heterocycles. The Morgan fingerprint density at radius 2 is 1.77 bits per heavy atom. The predicted molar refractivity (Wildman–Crippen MR) is 138 cm³/mol. The molecule has 0 bridgehead atoms. The number of fused-ring (bicyclic) bond motifs is 5. The molecular formula is C30H37NO4. The lowest BCUT2D eigenvalue weighted by Crippen LogP contribution is -2.40. The van der Waals surface area contributed by atoms with Gasteiger partial charge < -0.3 is 23.8 Å². The van der Waals surface area contributed by atoms with E-state index in [1.807, 2.05) is 0 Å². The average Bonchev–Trinajstić information content (AvgIpc) is 3.58. The first-order valence-electron chi connectivity index (χ1n) is 13.4. The second-order valence-electron chi connectivity index (χ2n) is 10.3. The topological polar surface area (TPSA) is 40.2 Å². The molecule has 6 rings (SSSR count). The Hall–Kier alpha value is -2.82. The summed E-state index contributed by atoms with van der Waals surface area (Å²) in [7, 11) is 3.55. The second kappa shape index (κ2) is 9.33. The summed E-state index contributed by atoms with van der Waals surface area (Å²) < 4.78 is 23.5. The Labute approximate surface area is 209 Å². The van der Waals surface area contributed by atoms with Gasteiger partial charge in [0.2, 0.25) is 6.79 Å². The summed E-state index contributed by atoms with van der Waals surface area (Å²) in [5, 5.41) is 0. The molecule has 5 heteroatoms. The van der Waals surface area contributed by atoms with Gasteiger partial charge in [-0.15, -0.1) is 0 Å². The van der Waals surface area contributed by atoms with Crippen molar-refractivity contribution in [3.8, 4) is 23.0 Å². The minimum absolute atomic E-state index is 0.307. The van der Waals surface area contributed by atoms with Crippen molar-refractivity contribution in [3.05, 3.63) is 46.5 Å². The number of rotatable bonds is 7. The summed E-state index contributed by atoms with van der Waals surface area (Å²) in [6, 6.07) is 9.17. The fourth-order valence-electron chi connectivity index (χ4n) is 6.89. The third-order valence-electron chi connectivity index (χ3n) is 8.47. The molecule has 0 N–H and O–H groups in total. The summed E-state index contributed by atoms with van der Waals surface area (Å²) in [5.41, 5.74) is 8.27. The molecule has 0 saturated heterocycles. The van der Waals surface area contributed by atoms with Crippen LogP contribution in [0.25, 0.3) is 11.3 Å². The lowest BCUT2D eigenvalue weighted by molar-refractivity contribution is 0.174. The van der Waals surface area contributed by atoms with Crippen molar-refractivity contribution in [2.45, 2.75) is 70.8 Å². The molecule has 4 aliphatic rings. The summed E-state index contributed by atoms with van der Waals surface area (Å²) in [6.07, 6.45) is 10.9. The van der Waals surface area contributed by atoms with Gasteiger partial charge in [0.25, 0.3) is 0 Å². The summed E-state index contributed by atoms with van der Waals surface area (Å²) in [5.74, 6) is 4.15. The van der Waals surface area contributed by atoms with E-state index in [1.54, 1.807) is 14.2 Å². The molecule has 1 fully saturated rings. The van der Waals surface area contributed by atoms with Crippen molar-refractivity contribution in [2.24, 2.45) is 5.92 Å². The maximum Gasteiger partial charge on any atom is 0.231 e. The monoisotopic (exact) mass is 475 g/mol. The minimum atomic E-state index is 0.307. The molecule has 2 aromatic carbocycles. The van der Waals surface area contributed by atoms with Crippen molar-refractivity contribution in [1.29, 1.82) is 0 Å². The van der Waals surface area contributed by atoms with Crippen LogP contribution in [-0.4, -0.2) is 32.5 Å². The third kappa shape index (κ3) is 3.66. The van der Waals surface area contributed by atoms with E-state index in [0.717, 1.165) is 42.4 Å². The number of hydrogen-bond acceptors (Lipinski definition) is 5. The fourth-order valence-corrected chi connectivity index (χ4v) is 6.89. The largest absolute Gasteiger partial charge is 0.493 e. The van der Waals surface area contributed by atoms with Crippen LogP contribution in [0.3, 0.4) is 0 Å².